The third-order valence-electron chi connectivity index (χ3n) is 4.71. The molecule has 0 saturated heterocycles. The zero-order valence-corrected chi connectivity index (χ0v) is 13.5. The molecule has 0 radical (unpaired) electrons. The zero-order valence-electron chi connectivity index (χ0n) is 12.7. The fourth-order valence-corrected chi connectivity index (χ4v) is 3.65. The predicted octanol–water partition coefficient (Wildman–Crippen LogP) is 4.69. The lowest BCUT2D eigenvalue weighted by Gasteiger charge is -2.38. The maximum absolute atomic E-state index is 6.08. The number of hydrogen-bond acceptors (Lipinski definition) is 2. The minimum absolute atomic E-state index is 0.265. The number of aromatic nitrogens is 3. The third kappa shape index (κ3) is 2.71. The van der Waals surface area contributed by atoms with Crippen molar-refractivity contribution in [1.29, 1.82) is 0 Å². The molecule has 0 N–H and O–H groups in total. The van der Waals surface area contributed by atoms with Crippen LogP contribution in [0.3, 0.4) is 0 Å². The van der Waals surface area contributed by atoms with Gasteiger partial charge in [-0.05, 0) is 30.4 Å². The van der Waals surface area contributed by atoms with Crippen LogP contribution in [0.2, 0.25) is 0 Å². The first-order chi connectivity index (χ1) is 10.1. The van der Waals surface area contributed by atoms with Crippen LogP contribution in [0.4, 0.5) is 0 Å². The van der Waals surface area contributed by atoms with Crippen LogP contribution in [0.1, 0.15) is 57.1 Å². The molecule has 1 atom stereocenters. The van der Waals surface area contributed by atoms with Gasteiger partial charge in [-0.1, -0.05) is 44.9 Å². The van der Waals surface area contributed by atoms with Crippen LogP contribution in [0.15, 0.2) is 30.3 Å². The molecule has 3 rings (SSSR count). The molecule has 21 heavy (non-hydrogen) atoms. The summed E-state index contributed by atoms with van der Waals surface area (Å²) in [6, 6.07) is 10.3. The molecule has 1 aliphatic carbocycles. The summed E-state index contributed by atoms with van der Waals surface area (Å²) in [4.78, 5) is 0. The molecule has 1 heterocycles. The van der Waals surface area contributed by atoms with Crippen LogP contribution in [0.5, 0.6) is 0 Å². The van der Waals surface area contributed by atoms with E-state index in [1.165, 1.54) is 25.7 Å². The van der Waals surface area contributed by atoms with E-state index >= 15 is 0 Å². The molecule has 1 aromatic carbocycles. The maximum Gasteiger partial charge on any atom is 0.152 e. The normalized spacial score (nSPS) is 21.4. The zero-order chi connectivity index (χ0) is 14.9. The van der Waals surface area contributed by atoms with Crippen molar-refractivity contribution in [3.05, 3.63) is 42.0 Å². The highest BCUT2D eigenvalue weighted by molar-refractivity contribution is 6.16. The Hall–Kier alpha value is -1.35. The summed E-state index contributed by atoms with van der Waals surface area (Å²) in [5.74, 6) is 2.73. The van der Waals surface area contributed by atoms with E-state index in [4.69, 9.17) is 11.6 Å². The van der Waals surface area contributed by atoms with Gasteiger partial charge in [-0.2, -0.15) is 0 Å². The molecular weight excluding hydrogens is 282 g/mol. The van der Waals surface area contributed by atoms with E-state index in [1.54, 1.807) is 0 Å². The Balaban J connectivity index is 2.09. The molecule has 1 unspecified atom stereocenters. The topological polar surface area (TPSA) is 30.7 Å². The van der Waals surface area contributed by atoms with Gasteiger partial charge in [-0.3, -0.25) is 4.57 Å². The molecular formula is C17H22ClN3. The number of hydrogen-bond donors (Lipinski definition) is 0. The van der Waals surface area contributed by atoms with E-state index in [1.807, 2.05) is 18.2 Å². The largest absolute Gasteiger partial charge is 0.282 e. The summed E-state index contributed by atoms with van der Waals surface area (Å²) in [7, 11) is 0. The van der Waals surface area contributed by atoms with Gasteiger partial charge < -0.3 is 0 Å². The summed E-state index contributed by atoms with van der Waals surface area (Å²) in [6.07, 6.45) is 5.01. The fraction of sp³-hybridized carbons (Fsp3) is 0.529. The number of para-hydroxylation sites is 1. The highest BCUT2D eigenvalue weighted by atomic mass is 35.5. The second-order valence-electron chi connectivity index (χ2n) is 6.57. The van der Waals surface area contributed by atoms with Crippen molar-refractivity contribution >= 4 is 11.6 Å². The van der Waals surface area contributed by atoms with Crippen molar-refractivity contribution in [2.24, 2.45) is 5.41 Å². The molecule has 0 bridgehead atoms. The van der Waals surface area contributed by atoms with Crippen LogP contribution in [0, 0.1) is 5.41 Å². The monoisotopic (exact) mass is 303 g/mol. The van der Waals surface area contributed by atoms with Crippen molar-refractivity contribution in [2.75, 3.05) is 0 Å². The van der Waals surface area contributed by atoms with Crippen molar-refractivity contribution < 1.29 is 0 Å². The number of alkyl halides is 1. The van der Waals surface area contributed by atoms with Crippen molar-refractivity contribution in [3.8, 4) is 5.69 Å². The second-order valence-corrected chi connectivity index (χ2v) is 6.83. The maximum atomic E-state index is 6.08. The summed E-state index contributed by atoms with van der Waals surface area (Å²) in [5, 5.41) is 8.84. The van der Waals surface area contributed by atoms with Crippen LogP contribution < -0.4 is 0 Å². The van der Waals surface area contributed by atoms with E-state index in [0.29, 0.717) is 11.8 Å². The number of rotatable bonds is 3. The molecule has 3 nitrogen and oxygen atoms in total. The van der Waals surface area contributed by atoms with Crippen molar-refractivity contribution in [2.45, 2.75) is 51.3 Å². The van der Waals surface area contributed by atoms with Gasteiger partial charge in [0.25, 0.3) is 0 Å². The van der Waals surface area contributed by atoms with E-state index in [2.05, 4.69) is 40.7 Å². The average Bonchev–Trinajstić information content (AvgIpc) is 2.91. The quantitative estimate of drug-likeness (QED) is 0.770. The first-order valence-electron chi connectivity index (χ1n) is 7.69. The van der Waals surface area contributed by atoms with Gasteiger partial charge in [0.15, 0.2) is 5.82 Å². The fourth-order valence-electron chi connectivity index (χ4n) is 3.47. The highest BCUT2D eigenvalue weighted by Crippen LogP contribution is 2.46. The van der Waals surface area contributed by atoms with Crippen LogP contribution >= 0.6 is 11.6 Å². The summed E-state index contributed by atoms with van der Waals surface area (Å²) < 4.78 is 2.16. The smallest absolute Gasteiger partial charge is 0.152 e. The highest BCUT2D eigenvalue weighted by Gasteiger charge is 2.37. The van der Waals surface area contributed by atoms with Crippen LogP contribution in [-0.2, 0) is 5.88 Å². The molecule has 0 amide bonds. The van der Waals surface area contributed by atoms with Crippen LogP contribution in [0.25, 0.3) is 5.69 Å². The first kappa shape index (κ1) is 14.6. The van der Waals surface area contributed by atoms with Crippen molar-refractivity contribution in [3.63, 3.8) is 0 Å². The molecule has 0 aliphatic heterocycles. The molecule has 1 aromatic heterocycles. The Morgan fingerprint density at radius 3 is 2.62 bits per heavy atom. The number of nitrogens with zero attached hydrogens (tertiary/aromatic N) is 3. The van der Waals surface area contributed by atoms with Gasteiger partial charge in [0.2, 0.25) is 0 Å². The molecule has 1 aliphatic rings. The Labute approximate surface area is 131 Å². The lowest BCUT2D eigenvalue weighted by Crippen LogP contribution is -2.28. The number of halogens is 1. The summed E-state index contributed by atoms with van der Waals surface area (Å²) in [6.45, 7) is 4.70. The van der Waals surface area contributed by atoms with E-state index in [9.17, 15) is 0 Å². The van der Waals surface area contributed by atoms with E-state index < -0.39 is 0 Å². The van der Waals surface area contributed by atoms with Gasteiger partial charge in [-0.25, -0.2) is 0 Å². The summed E-state index contributed by atoms with van der Waals surface area (Å²) >= 11 is 6.08. The average molecular weight is 304 g/mol. The molecule has 1 saturated carbocycles. The standard InChI is InChI=1S/C17H22ClN3/c1-17(2)11-7-6-10-14(17)16-20-19-15(12-18)21(16)13-8-4-3-5-9-13/h3-5,8-9,14H,6-7,10-12H2,1-2H3. The van der Waals surface area contributed by atoms with E-state index in [0.717, 1.165) is 17.3 Å². The Kier molecular flexibility index (Phi) is 4.03. The lowest BCUT2D eigenvalue weighted by molar-refractivity contribution is 0.190. The number of benzene rings is 1. The molecule has 112 valence electrons. The molecule has 1 fully saturated rings. The van der Waals surface area contributed by atoms with E-state index in [-0.39, 0.29) is 5.41 Å². The minimum atomic E-state index is 0.265. The second kappa shape index (κ2) is 5.80. The van der Waals surface area contributed by atoms with Gasteiger partial charge in [-0.15, -0.1) is 21.8 Å². The molecule has 4 heteroatoms. The SMILES string of the molecule is CC1(C)CCCCC1c1nnc(CCl)n1-c1ccccc1. The molecule has 2 aromatic rings. The minimum Gasteiger partial charge on any atom is -0.282 e. The van der Waals surface area contributed by atoms with Gasteiger partial charge in [0.1, 0.15) is 5.82 Å². The van der Waals surface area contributed by atoms with Gasteiger partial charge in [0.05, 0.1) is 5.88 Å². The van der Waals surface area contributed by atoms with Gasteiger partial charge in [0, 0.05) is 11.6 Å². The van der Waals surface area contributed by atoms with Crippen molar-refractivity contribution in [1.82, 2.24) is 14.8 Å². The van der Waals surface area contributed by atoms with Crippen LogP contribution in [-0.4, -0.2) is 14.8 Å². The lowest BCUT2D eigenvalue weighted by atomic mass is 9.68. The Bertz CT molecular complexity index is 604. The Morgan fingerprint density at radius 2 is 1.95 bits per heavy atom. The molecule has 0 spiro atoms. The third-order valence-corrected chi connectivity index (χ3v) is 4.95. The van der Waals surface area contributed by atoms with Gasteiger partial charge >= 0.3 is 0 Å². The summed E-state index contributed by atoms with van der Waals surface area (Å²) in [5.41, 5.74) is 1.37. The first-order valence-corrected chi connectivity index (χ1v) is 8.22. The Morgan fingerprint density at radius 1 is 1.19 bits per heavy atom. The predicted molar refractivity (Wildman–Crippen MR) is 85.9 cm³/mol.